The van der Waals surface area contributed by atoms with Gasteiger partial charge >= 0.3 is 0 Å². The first-order chi connectivity index (χ1) is 8.69. The third kappa shape index (κ3) is 3.94. The Morgan fingerprint density at radius 2 is 2.17 bits per heavy atom. The van der Waals surface area contributed by atoms with Crippen molar-refractivity contribution in [3.8, 4) is 0 Å². The monoisotopic (exact) mass is 254 g/mol. The normalized spacial score (nSPS) is 32.3. The van der Waals surface area contributed by atoms with Crippen molar-refractivity contribution in [3.05, 3.63) is 0 Å². The highest BCUT2D eigenvalue weighted by molar-refractivity contribution is 4.90. The predicted molar refractivity (Wildman–Crippen MR) is 75.8 cm³/mol. The predicted octanol–water partition coefficient (Wildman–Crippen LogP) is 1.98. The van der Waals surface area contributed by atoms with Gasteiger partial charge in [-0.1, -0.05) is 6.42 Å². The van der Waals surface area contributed by atoms with Crippen molar-refractivity contribution in [1.82, 2.24) is 10.2 Å². The molecule has 0 radical (unpaired) electrons. The lowest BCUT2D eigenvalue weighted by Crippen LogP contribution is -2.38. The van der Waals surface area contributed by atoms with E-state index in [1.54, 1.807) is 7.11 Å². The second-order valence-electron chi connectivity index (χ2n) is 6.51. The van der Waals surface area contributed by atoms with Crippen LogP contribution in [0.25, 0.3) is 0 Å². The van der Waals surface area contributed by atoms with Gasteiger partial charge in [-0.25, -0.2) is 0 Å². The van der Waals surface area contributed by atoms with Crippen molar-refractivity contribution >= 4 is 0 Å². The topological polar surface area (TPSA) is 24.5 Å². The molecule has 0 aliphatic heterocycles. The number of ether oxygens (including phenoxy) is 1. The molecule has 3 heteroatoms. The van der Waals surface area contributed by atoms with Crippen LogP contribution in [0.15, 0.2) is 0 Å². The summed E-state index contributed by atoms with van der Waals surface area (Å²) in [5.74, 6) is 3.12. The number of methoxy groups -OCH3 is 1. The van der Waals surface area contributed by atoms with Crippen LogP contribution >= 0.6 is 0 Å². The minimum Gasteiger partial charge on any atom is -0.383 e. The van der Waals surface area contributed by atoms with E-state index >= 15 is 0 Å². The Kier molecular flexibility index (Phi) is 5.46. The molecule has 0 saturated heterocycles. The van der Waals surface area contributed by atoms with Crippen LogP contribution in [-0.2, 0) is 4.74 Å². The molecular weight excluding hydrogens is 224 g/mol. The minimum atomic E-state index is 0.464. The first-order valence-corrected chi connectivity index (χ1v) is 7.60. The average molecular weight is 254 g/mol. The minimum absolute atomic E-state index is 0.464. The Labute approximate surface area is 112 Å². The highest BCUT2D eigenvalue weighted by atomic mass is 16.5. The second kappa shape index (κ2) is 6.88. The number of hydrogen-bond acceptors (Lipinski definition) is 3. The van der Waals surface area contributed by atoms with Gasteiger partial charge in [0.05, 0.1) is 6.61 Å². The molecule has 2 aliphatic rings. The van der Waals surface area contributed by atoms with Crippen LogP contribution in [0.3, 0.4) is 0 Å². The smallest absolute Gasteiger partial charge is 0.0613 e. The van der Waals surface area contributed by atoms with Gasteiger partial charge in [-0.3, -0.25) is 0 Å². The molecule has 0 amide bonds. The molecule has 4 atom stereocenters. The standard InChI is InChI=1S/C15H30N2O/c1-12(11-18-3)16-6-7-17(2)10-15-9-13-4-5-14(15)8-13/h12-16H,4-11H2,1-3H3. The Bertz CT molecular complexity index is 247. The molecule has 0 aromatic rings. The highest BCUT2D eigenvalue weighted by Gasteiger charge is 2.39. The van der Waals surface area contributed by atoms with Crippen LogP contribution < -0.4 is 5.32 Å². The summed E-state index contributed by atoms with van der Waals surface area (Å²) in [7, 11) is 4.04. The first kappa shape index (κ1) is 14.3. The molecule has 1 N–H and O–H groups in total. The number of rotatable bonds is 8. The fourth-order valence-corrected chi connectivity index (χ4v) is 3.90. The summed E-state index contributed by atoms with van der Waals surface area (Å²) < 4.78 is 5.13. The SMILES string of the molecule is COCC(C)NCCN(C)CC1CC2CCC1C2. The van der Waals surface area contributed by atoms with E-state index in [0.717, 1.165) is 37.5 Å². The summed E-state index contributed by atoms with van der Waals surface area (Å²) in [5.41, 5.74) is 0. The lowest BCUT2D eigenvalue weighted by Gasteiger charge is -2.27. The molecule has 106 valence electrons. The van der Waals surface area contributed by atoms with E-state index in [2.05, 4.69) is 24.2 Å². The maximum Gasteiger partial charge on any atom is 0.0613 e. The van der Waals surface area contributed by atoms with Gasteiger partial charge in [0.2, 0.25) is 0 Å². The maximum atomic E-state index is 5.13. The van der Waals surface area contributed by atoms with E-state index in [0.29, 0.717) is 6.04 Å². The van der Waals surface area contributed by atoms with Gasteiger partial charge in [0.15, 0.2) is 0 Å². The summed E-state index contributed by atoms with van der Waals surface area (Å²) in [5, 5.41) is 3.51. The molecule has 0 spiro atoms. The molecule has 18 heavy (non-hydrogen) atoms. The zero-order valence-electron chi connectivity index (χ0n) is 12.3. The van der Waals surface area contributed by atoms with Crippen LogP contribution in [-0.4, -0.2) is 51.3 Å². The fraction of sp³-hybridized carbons (Fsp3) is 1.00. The van der Waals surface area contributed by atoms with E-state index < -0.39 is 0 Å². The van der Waals surface area contributed by atoms with Crippen LogP contribution in [0.4, 0.5) is 0 Å². The molecule has 2 rings (SSSR count). The Hall–Kier alpha value is -0.120. The van der Waals surface area contributed by atoms with Gasteiger partial charge in [0.25, 0.3) is 0 Å². The Morgan fingerprint density at radius 3 is 2.78 bits per heavy atom. The summed E-state index contributed by atoms with van der Waals surface area (Å²) in [4.78, 5) is 2.51. The van der Waals surface area contributed by atoms with Crippen LogP contribution in [0.5, 0.6) is 0 Å². The lowest BCUT2D eigenvalue weighted by atomic mass is 9.88. The van der Waals surface area contributed by atoms with E-state index in [1.807, 2.05) is 0 Å². The van der Waals surface area contributed by atoms with E-state index in [1.165, 1.54) is 32.2 Å². The van der Waals surface area contributed by atoms with Gasteiger partial charge < -0.3 is 15.0 Å². The first-order valence-electron chi connectivity index (χ1n) is 7.60. The summed E-state index contributed by atoms with van der Waals surface area (Å²) in [6.45, 7) is 6.51. The molecule has 2 fully saturated rings. The van der Waals surface area contributed by atoms with Crippen molar-refractivity contribution in [2.45, 2.75) is 38.6 Å². The molecule has 0 aromatic heterocycles. The molecule has 2 bridgehead atoms. The van der Waals surface area contributed by atoms with Crippen LogP contribution in [0, 0.1) is 17.8 Å². The van der Waals surface area contributed by atoms with E-state index in [9.17, 15) is 0 Å². The third-order valence-electron chi connectivity index (χ3n) is 4.83. The lowest BCUT2D eigenvalue weighted by molar-refractivity contribution is 0.167. The van der Waals surface area contributed by atoms with Crippen LogP contribution in [0.1, 0.15) is 32.6 Å². The summed E-state index contributed by atoms with van der Waals surface area (Å²) in [6.07, 6.45) is 6.05. The van der Waals surface area contributed by atoms with Crippen molar-refractivity contribution in [3.63, 3.8) is 0 Å². The van der Waals surface area contributed by atoms with E-state index in [-0.39, 0.29) is 0 Å². The molecule has 0 aromatic carbocycles. The average Bonchev–Trinajstić information content (AvgIpc) is 2.91. The largest absolute Gasteiger partial charge is 0.383 e. The Morgan fingerprint density at radius 1 is 1.33 bits per heavy atom. The van der Waals surface area contributed by atoms with Gasteiger partial charge in [0, 0.05) is 32.8 Å². The zero-order chi connectivity index (χ0) is 13.0. The zero-order valence-corrected chi connectivity index (χ0v) is 12.3. The second-order valence-corrected chi connectivity index (χ2v) is 6.51. The number of nitrogens with zero attached hydrogens (tertiary/aromatic N) is 1. The van der Waals surface area contributed by atoms with Crippen molar-refractivity contribution in [2.24, 2.45) is 17.8 Å². The number of fused-ring (bicyclic) bond motifs is 2. The van der Waals surface area contributed by atoms with Crippen molar-refractivity contribution in [2.75, 3.05) is 40.4 Å². The van der Waals surface area contributed by atoms with Gasteiger partial charge in [-0.15, -0.1) is 0 Å². The summed E-state index contributed by atoms with van der Waals surface area (Å²) in [6, 6.07) is 0.464. The molecular formula is C15H30N2O. The molecule has 0 heterocycles. The van der Waals surface area contributed by atoms with Gasteiger partial charge in [-0.2, -0.15) is 0 Å². The number of hydrogen-bond donors (Lipinski definition) is 1. The Balaban J connectivity index is 1.56. The third-order valence-corrected chi connectivity index (χ3v) is 4.83. The van der Waals surface area contributed by atoms with Gasteiger partial charge in [-0.05, 0) is 51.0 Å². The van der Waals surface area contributed by atoms with Crippen LogP contribution in [0.2, 0.25) is 0 Å². The molecule has 2 saturated carbocycles. The number of likely N-dealkylation sites (N-methyl/N-ethyl adjacent to an activating group) is 1. The van der Waals surface area contributed by atoms with Crippen molar-refractivity contribution in [1.29, 1.82) is 0 Å². The van der Waals surface area contributed by atoms with E-state index in [4.69, 9.17) is 4.74 Å². The number of nitrogens with one attached hydrogen (secondary N) is 1. The molecule has 4 unspecified atom stereocenters. The fourth-order valence-electron chi connectivity index (χ4n) is 3.90. The molecule has 2 aliphatic carbocycles. The quantitative estimate of drug-likeness (QED) is 0.717. The highest BCUT2D eigenvalue weighted by Crippen LogP contribution is 2.48. The maximum absolute atomic E-state index is 5.13. The summed E-state index contributed by atoms with van der Waals surface area (Å²) >= 11 is 0. The molecule has 3 nitrogen and oxygen atoms in total. The van der Waals surface area contributed by atoms with Crippen molar-refractivity contribution < 1.29 is 4.74 Å². The van der Waals surface area contributed by atoms with Gasteiger partial charge in [0.1, 0.15) is 0 Å².